The van der Waals surface area contributed by atoms with Crippen LogP contribution in [0.5, 0.6) is 0 Å². The number of carbonyl (C=O) groups excluding carboxylic acids is 2. The maximum absolute atomic E-state index is 13.0. The third-order valence-electron chi connectivity index (χ3n) is 5.68. The number of nitrogens with zero attached hydrogens (tertiary/aromatic N) is 1. The maximum atomic E-state index is 13.0. The van der Waals surface area contributed by atoms with Gasteiger partial charge in [0.2, 0.25) is 0 Å². The van der Waals surface area contributed by atoms with E-state index < -0.39 is 22.9 Å². The molecule has 0 fully saturated rings. The van der Waals surface area contributed by atoms with Gasteiger partial charge in [-0.1, -0.05) is 78.9 Å². The molecule has 186 valence electrons. The molecule has 37 heavy (non-hydrogen) atoms. The van der Waals surface area contributed by atoms with E-state index in [1.54, 1.807) is 12.1 Å². The van der Waals surface area contributed by atoms with Gasteiger partial charge in [-0.25, -0.2) is 4.79 Å². The van der Waals surface area contributed by atoms with Crippen molar-refractivity contribution in [1.82, 2.24) is 0 Å². The average Bonchev–Trinajstić information content (AvgIpc) is 2.93. The van der Waals surface area contributed by atoms with Crippen molar-refractivity contribution in [2.75, 3.05) is 10.6 Å². The molecule has 0 aliphatic rings. The Bertz CT molecular complexity index is 1410. The molecule has 1 atom stereocenters. The Morgan fingerprint density at radius 2 is 1.51 bits per heavy atom. The average molecular weight is 496 g/mol. The Kier molecular flexibility index (Phi) is 7.90. The fraction of sp³-hybridized carbons (Fsp3) is 0.103. The molecule has 0 aliphatic heterocycles. The summed E-state index contributed by atoms with van der Waals surface area (Å²) < 4.78 is 5.43. The van der Waals surface area contributed by atoms with E-state index in [0.717, 1.165) is 22.8 Å². The van der Waals surface area contributed by atoms with Crippen LogP contribution in [0.25, 0.3) is 11.1 Å². The van der Waals surface area contributed by atoms with Gasteiger partial charge in [-0.05, 0) is 30.2 Å². The number of nitro benzene ring substituents is 1. The molecule has 0 heterocycles. The number of benzene rings is 4. The summed E-state index contributed by atoms with van der Waals surface area (Å²) in [4.78, 5) is 36.7. The Balaban J connectivity index is 1.50. The van der Waals surface area contributed by atoms with Gasteiger partial charge in [-0.2, -0.15) is 0 Å². The second kappa shape index (κ2) is 11.6. The standard InChI is InChI=1S/C29H25N3O5/c1-20(28(33)31-27-15-9-8-14-24(27)22-12-6-3-7-13-22)37-29(34)25-18-23(32(35)36)16-17-26(25)30-19-21-10-4-2-5-11-21/h2-18,20,30H,19H2,1H3,(H,31,33)/t20-/m0/s1. The van der Waals surface area contributed by atoms with Crippen LogP contribution >= 0.6 is 0 Å². The lowest BCUT2D eigenvalue weighted by atomic mass is 10.0. The molecule has 0 aliphatic carbocycles. The SMILES string of the molecule is C[C@H](OC(=O)c1cc([N+](=O)[O-])ccc1NCc1ccccc1)C(=O)Nc1ccccc1-c1ccccc1. The highest BCUT2D eigenvalue weighted by Crippen LogP contribution is 2.28. The van der Waals surface area contributed by atoms with Crippen LogP contribution in [0, 0.1) is 10.1 Å². The number of anilines is 2. The quantitative estimate of drug-likeness (QED) is 0.166. The van der Waals surface area contributed by atoms with Crippen molar-refractivity contribution in [3.05, 3.63) is 124 Å². The molecular weight excluding hydrogens is 470 g/mol. The second-order valence-corrected chi connectivity index (χ2v) is 8.27. The molecule has 0 bridgehead atoms. The summed E-state index contributed by atoms with van der Waals surface area (Å²) in [6.07, 6.45) is -1.16. The summed E-state index contributed by atoms with van der Waals surface area (Å²) >= 11 is 0. The van der Waals surface area contributed by atoms with Gasteiger partial charge in [0.05, 0.1) is 10.5 Å². The van der Waals surface area contributed by atoms with E-state index in [2.05, 4.69) is 10.6 Å². The number of hydrogen-bond donors (Lipinski definition) is 2. The molecule has 8 nitrogen and oxygen atoms in total. The van der Waals surface area contributed by atoms with Crippen LogP contribution in [0.4, 0.5) is 17.1 Å². The molecule has 0 saturated heterocycles. The second-order valence-electron chi connectivity index (χ2n) is 8.27. The fourth-order valence-corrected chi connectivity index (χ4v) is 3.74. The predicted octanol–water partition coefficient (Wildman–Crippen LogP) is 6.06. The number of nitrogens with one attached hydrogen (secondary N) is 2. The van der Waals surface area contributed by atoms with Crippen LogP contribution in [0.3, 0.4) is 0 Å². The first-order valence-electron chi connectivity index (χ1n) is 11.6. The smallest absolute Gasteiger partial charge is 0.341 e. The Morgan fingerprint density at radius 3 is 2.22 bits per heavy atom. The predicted molar refractivity (Wildman–Crippen MR) is 142 cm³/mol. The van der Waals surface area contributed by atoms with Crippen molar-refractivity contribution in [2.45, 2.75) is 19.6 Å². The van der Waals surface area contributed by atoms with Crippen LogP contribution in [0.1, 0.15) is 22.8 Å². The summed E-state index contributed by atoms with van der Waals surface area (Å²) in [7, 11) is 0. The first-order chi connectivity index (χ1) is 17.9. The molecule has 0 radical (unpaired) electrons. The third kappa shape index (κ3) is 6.37. The molecule has 1 amide bonds. The normalized spacial score (nSPS) is 11.3. The lowest BCUT2D eigenvalue weighted by Crippen LogP contribution is -2.30. The van der Waals surface area contributed by atoms with E-state index in [0.29, 0.717) is 17.9 Å². The van der Waals surface area contributed by atoms with Gasteiger partial charge in [0.15, 0.2) is 6.10 Å². The Labute approximate surface area is 214 Å². The summed E-state index contributed by atoms with van der Waals surface area (Å²) in [5, 5.41) is 17.3. The first-order valence-corrected chi connectivity index (χ1v) is 11.6. The molecule has 0 unspecified atom stereocenters. The minimum absolute atomic E-state index is 0.0329. The first kappa shape index (κ1) is 25.1. The lowest BCUT2D eigenvalue weighted by molar-refractivity contribution is -0.384. The summed E-state index contributed by atoms with van der Waals surface area (Å²) in [6.45, 7) is 1.85. The molecular formula is C29H25N3O5. The molecule has 4 rings (SSSR count). The van der Waals surface area contributed by atoms with Crippen molar-refractivity contribution >= 4 is 28.9 Å². The Hall–Kier alpha value is -4.98. The lowest BCUT2D eigenvalue weighted by Gasteiger charge is -2.17. The molecule has 0 aromatic heterocycles. The third-order valence-corrected chi connectivity index (χ3v) is 5.68. The Morgan fingerprint density at radius 1 is 0.865 bits per heavy atom. The number of ether oxygens (including phenoxy) is 1. The van der Waals surface area contributed by atoms with Crippen molar-refractivity contribution in [1.29, 1.82) is 0 Å². The molecule has 8 heteroatoms. The van der Waals surface area contributed by atoms with Gasteiger partial charge in [-0.3, -0.25) is 14.9 Å². The van der Waals surface area contributed by atoms with E-state index in [4.69, 9.17) is 4.74 Å². The summed E-state index contributed by atoms with van der Waals surface area (Å²) in [5.41, 5.74) is 3.35. The van der Waals surface area contributed by atoms with Gasteiger partial charge in [0, 0.05) is 35.6 Å². The van der Waals surface area contributed by atoms with Crippen LogP contribution in [-0.2, 0) is 16.1 Å². The largest absolute Gasteiger partial charge is 0.449 e. The monoisotopic (exact) mass is 495 g/mol. The van der Waals surface area contributed by atoms with Crippen molar-refractivity contribution in [3.8, 4) is 11.1 Å². The van der Waals surface area contributed by atoms with Gasteiger partial charge in [-0.15, -0.1) is 0 Å². The van der Waals surface area contributed by atoms with E-state index in [-0.39, 0.29) is 11.3 Å². The number of para-hydroxylation sites is 1. The van der Waals surface area contributed by atoms with Gasteiger partial charge in [0.25, 0.3) is 11.6 Å². The van der Waals surface area contributed by atoms with Crippen LogP contribution < -0.4 is 10.6 Å². The van der Waals surface area contributed by atoms with Crippen molar-refractivity contribution in [2.24, 2.45) is 0 Å². The van der Waals surface area contributed by atoms with Crippen LogP contribution in [0.15, 0.2) is 103 Å². The highest BCUT2D eigenvalue weighted by Gasteiger charge is 2.24. The highest BCUT2D eigenvalue weighted by atomic mass is 16.6. The maximum Gasteiger partial charge on any atom is 0.341 e. The zero-order valence-corrected chi connectivity index (χ0v) is 20.1. The summed E-state index contributed by atoms with van der Waals surface area (Å²) in [5.74, 6) is -1.38. The summed E-state index contributed by atoms with van der Waals surface area (Å²) in [6, 6.07) is 30.3. The number of rotatable bonds is 9. The van der Waals surface area contributed by atoms with E-state index in [1.807, 2.05) is 72.8 Å². The molecule has 4 aromatic carbocycles. The van der Waals surface area contributed by atoms with Crippen molar-refractivity contribution < 1.29 is 19.2 Å². The zero-order chi connectivity index (χ0) is 26.2. The minimum atomic E-state index is -1.16. The van der Waals surface area contributed by atoms with E-state index in [9.17, 15) is 19.7 Å². The van der Waals surface area contributed by atoms with E-state index in [1.165, 1.54) is 19.1 Å². The molecule has 4 aromatic rings. The van der Waals surface area contributed by atoms with E-state index >= 15 is 0 Å². The molecule has 2 N–H and O–H groups in total. The van der Waals surface area contributed by atoms with Crippen LogP contribution in [0.2, 0.25) is 0 Å². The highest BCUT2D eigenvalue weighted by molar-refractivity contribution is 6.01. The van der Waals surface area contributed by atoms with Gasteiger partial charge < -0.3 is 15.4 Å². The minimum Gasteiger partial charge on any atom is -0.449 e. The fourth-order valence-electron chi connectivity index (χ4n) is 3.74. The number of carbonyl (C=O) groups is 2. The number of hydrogen-bond acceptors (Lipinski definition) is 6. The van der Waals surface area contributed by atoms with Gasteiger partial charge >= 0.3 is 5.97 Å². The number of esters is 1. The van der Waals surface area contributed by atoms with Gasteiger partial charge in [0.1, 0.15) is 0 Å². The number of non-ortho nitro benzene ring substituents is 1. The number of amides is 1. The van der Waals surface area contributed by atoms with Crippen LogP contribution in [-0.4, -0.2) is 22.9 Å². The van der Waals surface area contributed by atoms with Crippen molar-refractivity contribution in [3.63, 3.8) is 0 Å². The topological polar surface area (TPSA) is 111 Å². The zero-order valence-electron chi connectivity index (χ0n) is 20.1. The molecule has 0 saturated carbocycles. The number of nitro groups is 1. The molecule has 0 spiro atoms.